The molecule has 10 heteroatoms. The molecule has 0 saturated carbocycles. The van der Waals surface area contributed by atoms with Crippen LogP contribution in [0.15, 0.2) is 61.6 Å². The zero-order chi connectivity index (χ0) is 21.5. The molecule has 0 amide bonds. The van der Waals surface area contributed by atoms with E-state index in [0.29, 0.717) is 27.1 Å². The lowest BCUT2D eigenvalue weighted by atomic mass is 10.1. The minimum absolute atomic E-state index is 0.0793. The summed E-state index contributed by atoms with van der Waals surface area (Å²) in [5, 5.41) is 1.05. The van der Waals surface area contributed by atoms with Crippen molar-refractivity contribution in [1.82, 2.24) is 4.72 Å². The van der Waals surface area contributed by atoms with Crippen LogP contribution in [0.3, 0.4) is 0 Å². The van der Waals surface area contributed by atoms with Gasteiger partial charge in [-0.3, -0.25) is 14.5 Å². The highest BCUT2D eigenvalue weighted by Gasteiger charge is 2.30. The van der Waals surface area contributed by atoms with Gasteiger partial charge in [0.05, 0.1) is 4.90 Å². The van der Waals surface area contributed by atoms with Crippen LogP contribution in [-0.2, 0) is 26.2 Å². The second kappa shape index (κ2) is 7.58. The maximum Gasteiger partial charge on any atom is 0.336 e. The highest BCUT2D eigenvalue weighted by molar-refractivity contribution is 7.90. The second-order valence-corrected chi connectivity index (χ2v) is 8.67. The summed E-state index contributed by atoms with van der Waals surface area (Å²) in [4.78, 5) is 28.1. The zero-order valence-electron chi connectivity index (χ0n) is 15.6. The SMILES string of the molecule is Cc1cc2oc(=O)cc(COC(=O)CN=C3NS(=O)(=O)c4ccccc43)c2cc1Cl. The van der Waals surface area contributed by atoms with Gasteiger partial charge in [0, 0.05) is 27.6 Å². The molecule has 0 aliphatic carbocycles. The monoisotopic (exact) mass is 446 g/mol. The topological polar surface area (TPSA) is 115 Å². The number of ether oxygens (including phenoxy) is 1. The van der Waals surface area contributed by atoms with Gasteiger partial charge in [0.25, 0.3) is 10.0 Å². The van der Waals surface area contributed by atoms with Gasteiger partial charge in [-0.2, -0.15) is 0 Å². The minimum atomic E-state index is -3.69. The fourth-order valence-corrected chi connectivity index (χ4v) is 4.48. The number of carbonyl (C=O) groups is 1. The Morgan fingerprint density at radius 3 is 2.80 bits per heavy atom. The lowest BCUT2D eigenvalue weighted by Gasteiger charge is -2.08. The molecule has 1 aromatic heterocycles. The first kappa shape index (κ1) is 20.1. The average Bonchev–Trinajstić information content (AvgIpc) is 2.96. The number of fused-ring (bicyclic) bond motifs is 2. The fourth-order valence-electron chi connectivity index (χ4n) is 3.07. The Morgan fingerprint density at radius 2 is 2.00 bits per heavy atom. The maximum atomic E-state index is 12.2. The van der Waals surface area contributed by atoms with E-state index in [9.17, 15) is 18.0 Å². The molecule has 30 heavy (non-hydrogen) atoms. The van der Waals surface area contributed by atoms with Crippen LogP contribution in [0.25, 0.3) is 11.0 Å². The molecule has 1 N–H and O–H groups in total. The highest BCUT2D eigenvalue weighted by atomic mass is 35.5. The molecule has 2 aromatic carbocycles. The number of hydrogen-bond acceptors (Lipinski definition) is 7. The molecule has 154 valence electrons. The van der Waals surface area contributed by atoms with Crippen molar-refractivity contribution in [2.75, 3.05) is 6.54 Å². The van der Waals surface area contributed by atoms with Gasteiger partial charge in [0.1, 0.15) is 24.6 Å². The lowest BCUT2D eigenvalue weighted by Crippen LogP contribution is -2.23. The molecule has 2 heterocycles. The number of halogens is 1. The number of aryl methyl sites for hydroxylation is 1. The van der Waals surface area contributed by atoms with Crippen molar-refractivity contribution < 1.29 is 22.4 Å². The molecule has 0 bridgehead atoms. The molecule has 3 aromatic rings. The summed E-state index contributed by atoms with van der Waals surface area (Å²) in [6, 6.07) is 10.8. The van der Waals surface area contributed by atoms with Gasteiger partial charge in [-0.1, -0.05) is 23.7 Å². The van der Waals surface area contributed by atoms with E-state index < -0.39 is 28.2 Å². The van der Waals surface area contributed by atoms with Gasteiger partial charge in [0.2, 0.25) is 0 Å². The van der Waals surface area contributed by atoms with Crippen molar-refractivity contribution in [3.8, 4) is 0 Å². The van der Waals surface area contributed by atoms with Gasteiger partial charge in [-0.25, -0.2) is 13.2 Å². The number of nitrogens with zero attached hydrogens (tertiary/aromatic N) is 1. The van der Waals surface area contributed by atoms with Crippen molar-refractivity contribution in [3.05, 3.63) is 74.6 Å². The number of hydrogen-bond donors (Lipinski definition) is 1. The summed E-state index contributed by atoms with van der Waals surface area (Å²) in [5.74, 6) is -0.610. The Morgan fingerprint density at radius 1 is 1.23 bits per heavy atom. The smallest absolute Gasteiger partial charge is 0.336 e. The lowest BCUT2D eigenvalue weighted by molar-refractivity contribution is -0.143. The van der Waals surface area contributed by atoms with Crippen LogP contribution in [0, 0.1) is 6.92 Å². The Kier molecular flexibility index (Phi) is 5.08. The zero-order valence-corrected chi connectivity index (χ0v) is 17.2. The van der Waals surface area contributed by atoms with E-state index >= 15 is 0 Å². The number of aliphatic imine (C=N–C) groups is 1. The summed E-state index contributed by atoms with van der Waals surface area (Å²) >= 11 is 6.15. The van der Waals surface area contributed by atoms with Crippen molar-refractivity contribution in [2.24, 2.45) is 4.99 Å². The molecule has 1 aliphatic heterocycles. The van der Waals surface area contributed by atoms with Crippen LogP contribution >= 0.6 is 11.6 Å². The molecule has 1 aliphatic rings. The molecule has 0 unspecified atom stereocenters. The number of carbonyl (C=O) groups excluding carboxylic acids is 1. The van der Waals surface area contributed by atoms with Crippen LogP contribution in [0.5, 0.6) is 0 Å². The van der Waals surface area contributed by atoms with Gasteiger partial charge in [-0.05, 0) is 36.8 Å². The summed E-state index contributed by atoms with van der Waals surface area (Å²) < 4.78 is 36.8. The van der Waals surface area contributed by atoms with Crippen LogP contribution < -0.4 is 10.3 Å². The Labute approximate surface area is 176 Å². The van der Waals surface area contributed by atoms with E-state index in [0.717, 1.165) is 5.56 Å². The summed E-state index contributed by atoms with van der Waals surface area (Å²) in [7, 11) is -3.69. The van der Waals surface area contributed by atoms with Gasteiger partial charge < -0.3 is 9.15 Å². The van der Waals surface area contributed by atoms with E-state index in [4.69, 9.17) is 20.8 Å². The molecule has 0 radical (unpaired) electrons. The quantitative estimate of drug-likeness (QED) is 0.486. The predicted molar refractivity (Wildman–Crippen MR) is 110 cm³/mol. The Hall–Kier alpha value is -3.17. The van der Waals surface area contributed by atoms with E-state index in [1.54, 1.807) is 37.3 Å². The molecule has 0 spiro atoms. The molecule has 0 atom stereocenters. The molecule has 8 nitrogen and oxygen atoms in total. The largest absolute Gasteiger partial charge is 0.459 e. The van der Waals surface area contributed by atoms with Crippen LogP contribution in [-0.4, -0.2) is 26.8 Å². The maximum absolute atomic E-state index is 12.2. The third-order valence-corrected chi connectivity index (χ3v) is 6.33. The Balaban J connectivity index is 1.51. The summed E-state index contributed by atoms with van der Waals surface area (Å²) in [6.07, 6.45) is 0. The second-order valence-electron chi connectivity index (χ2n) is 6.62. The summed E-state index contributed by atoms with van der Waals surface area (Å²) in [5.41, 5.74) is 1.34. The highest BCUT2D eigenvalue weighted by Crippen LogP contribution is 2.26. The third kappa shape index (κ3) is 3.81. The average molecular weight is 447 g/mol. The first-order valence-electron chi connectivity index (χ1n) is 8.80. The van der Waals surface area contributed by atoms with Crippen molar-refractivity contribution >= 4 is 44.4 Å². The predicted octanol–water partition coefficient (Wildman–Crippen LogP) is 2.54. The first-order valence-corrected chi connectivity index (χ1v) is 10.7. The number of benzene rings is 2. The minimum Gasteiger partial charge on any atom is -0.459 e. The van der Waals surface area contributed by atoms with Crippen molar-refractivity contribution in [2.45, 2.75) is 18.4 Å². The van der Waals surface area contributed by atoms with Gasteiger partial charge in [0.15, 0.2) is 0 Å². The number of nitrogens with one attached hydrogen (secondary N) is 1. The van der Waals surface area contributed by atoms with Crippen molar-refractivity contribution in [3.63, 3.8) is 0 Å². The van der Waals surface area contributed by atoms with Crippen molar-refractivity contribution in [1.29, 1.82) is 0 Å². The molecule has 4 rings (SSSR count). The van der Waals surface area contributed by atoms with Crippen LogP contribution in [0.1, 0.15) is 16.7 Å². The third-order valence-electron chi connectivity index (χ3n) is 4.53. The first-order chi connectivity index (χ1) is 14.2. The molecular weight excluding hydrogens is 432 g/mol. The number of sulfonamides is 1. The normalized spacial score (nSPS) is 15.7. The fraction of sp³-hybridized carbons (Fsp3) is 0.150. The van der Waals surface area contributed by atoms with E-state index in [-0.39, 0.29) is 17.3 Å². The van der Waals surface area contributed by atoms with Gasteiger partial charge in [-0.15, -0.1) is 0 Å². The van der Waals surface area contributed by atoms with Gasteiger partial charge >= 0.3 is 11.6 Å². The molecule has 0 fully saturated rings. The number of amidine groups is 1. The van der Waals surface area contributed by atoms with E-state index in [1.807, 2.05) is 0 Å². The van der Waals surface area contributed by atoms with E-state index in [2.05, 4.69) is 9.71 Å². The summed E-state index contributed by atoms with van der Waals surface area (Å²) in [6.45, 7) is 1.20. The number of rotatable bonds is 4. The van der Waals surface area contributed by atoms with Crippen LogP contribution in [0.2, 0.25) is 5.02 Å². The standard InChI is InChI=1S/C20H15ClN2O6S/c1-11-6-16-14(8-15(11)21)12(7-18(24)29-16)10-28-19(25)9-22-20-13-4-2-3-5-17(13)30(26,27)23-20/h2-8H,9-10H2,1H3,(H,22,23). The Bertz CT molecular complexity index is 1380. The number of esters is 1. The van der Waals surface area contributed by atoms with E-state index in [1.165, 1.54) is 12.1 Å². The molecular formula is C20H15ClN2O6S. The molecule has 0 saturated heterocycles. The van der Waals surface area contributed by atoms with Crippen LogP contribution in [0.4, 0.5) is 0 Å².